The fraction of sp³-hybridized carbons (Fsp3) is 0.370. The van der Waals surface area contributed by atoms with Crippen molar-refractivity contribution in [1.82, 2.24) is 14.7 Å². The molecule has 6 rings (SSSR count). The van der Waals surface area contributed by atoms with Gasteiger partial charge in [0.25, 0.3) is 5.91 Å². The van der Waals surface area contributed by atoms with Crippen LogP contribution in [0.4, 0.5) is 4.39 Å². The summed E-state index contributed by atoms with van der Waals surface area (Å²) >= 11 is 0. The number of aromatic nitrogens is 2. The molecular weight excluding hydrogens is 449 g/mol. The first-order chi connectivity index (χ1) is 17.1. The molecule has 2 bridgehead atoms. The number of methoxy groups -OCH3 is 1. The number of benzene rings is 2. The second-order valence-electron chi connectivity index (χ2n) is 9.47. The molecule has 1 saturated carbocycles. The van der Waals surface area contributed by atoms with Crippen LogP contribution in [0.3, 0.4) is 0 Å². The Labute approximate surface area is 202 Å². The molecule has 3 heterocycles. The Balaban J connectivity index is 1.36. The van der Waals surface area contributed by atoms with E-state index in [1.807, 2.05) is 29.2 Å². The summed E-state index contributed by atoms with van der Waals surface area (Å²) in [6.45, 7) is 1.01. The number of fused-ring (bicyclic) bond motifs is 2. The second kappa shape index (κ2) is 8.61. The second-order valence-corrected chi connectivity index (χ2v) is 9.47. The molecule has 2 unspecified atom stereocenters. The van der Waals surface area contributed by atoms with Crippen LogP contribution in [0.2, 0.25) is 0 Å². The summed E-state index contributed by atoms with van der Waals surface area (Å²) in [5, 5.41) is 4.45. The van der Waals surface area contributed by atoms with Crippen molar-refractivity contribution in [3.63, 3.8) is 0 Å². The lowest BCUT2D eigenvalue weighted by atomic mass is 10.00. The number of halogens is 1. The zero-order valence-corrected chi connectivity index (χ0v) is 19.4. The molecule has 1 aliphatic carbocycles. The number of carbonyl (C=O) groups excluding carboxylic acids is 2. The molecule has 2 saturated heterocycles. The summed E-state index contributed by atoms with van der Waals surface area (Å²) in [4.78, 5) is 27.4. The van der Waals surface area contributed by atoms with Crippen LogP contribution in [0.15, 0.2) is 48.7 Å². The molecule has 7 nitrogen and oxygen atoms in total. The van der Waals surface area contributed by atoms with Gasteiger partial charge in [0.1, 0.15) is 11.4 Å². The van der Waals surface area contributed by atoms with Crippen LogP contribution in [-0.2, 0) is 9.47 Å². The van der Waals surface area contributed by atoms with E-state index in [0.717, 1.165) is 37.1 Å². The third-order valence-corrected chi connectivity index (χ3v) is 7.28. The van der Waals surface area contributed by atoms with Gasteiger partial charge in [0.2, 0.25) is 0 Å². The Bertz CT molecular complexity index is 1300. The average molecular weight is 476 g/mol. The molecule has 2 aliphatic heterocycles. The monoisotopic (exact) mass is 475 g/mol. The summed E-state index contributed by atoms with van der Waals surface area (Å²) in [7, 11) is 1.36. The Morgan fingerprint density at radius 1 is 1.03 bits per heavy atom. The van der Waals surface area contributed by atoms with Crippen molar-refractivity contribution in [2.45, 2.75) is 43.7 Å². The first kappa shape index (κ1) is 22.0. The smallest absolute Gasteiger partial charge is 0.341 e. The van der Waals surface area contributed by atoms with Crippen LogP contribution >= 0.6 is 0 Å². The van der Waals surface area contributed by atoms with Gasteiger partial charge in [-0.05, 0) is 49.4 Å². The quantitative estimate of drug-likeness (QED) is 0.513. The van der Waals surface area contributed by atoms with Gasteiger partial charge in [0, 0.05) is 11.5 Å². The van der Waals surface area contributed by atoms with Gasteiger partial charge in [-0.25, -0.2) is 13.9 Å². The SMILES string of the molecule is COC(=O)c1cnn(-c2cccc(-c3cccc(C(=O)N4C5CCC4COC5)c3F)c2)c1C1CC1. The normalized spacial score (nSPS) is 21.3. The van der Waals surface area contributed by atoms with Gasteiger partial charge in [0.05, 0.1) is 55.5 Å². The topological polar surface area (TPSA) is 73.7 Å². The molecule has 2 atom stereocenters. The number of nitrogens with zero attached hydrogens (tertiary/aromatic N) is 3. The lowest BCUT2D eigenvalue weighted by Crippen LogP contribution is -2.49. The van der Waals surface area contributed by atoms with Crippen LogP contribution in [-0.4, -0.2) is 59.0 Å². The number of hydrogen-bond donors (Lipinski definition) is 0. The molecule has 2 aromatic carbocycles. The van der Waals surface area contributed by atoms with E-state index in [1.54, 1.807) is 22.9 Å². The number of hydrogen-bond acceptors (Lipinski definition) is 5. The number of carbonyl (C=O) groups is 2. The molecule has 35 heavy (non-hydrogen) atoms. The van der Waals surface area contributed by atoms with Gasteiger partial charge < -0.3 is 14.4 Å². The molecule has 0 spiro atoms. The fourth-order valence-corrected chi connectivity index (χ4v) is 5.40. The minimum atomic E-state index is -0.529. The number of morpholine rings is 1. The predicted molar refractivity (Wildman–Crippen MR) is 126 cm³/mol. The Hall–Kier alpha value is -3.52. The molecular formula is C27H26FN3O4. The highest BCUT2D eigenvalue weighted by molar-refractivity contribution is 5.96. The van der Waals surface area contributed by atoms with Crippen molar-refractivity contribution in [3.05, 3.63) is 71.3 Å². The number of amides is 1. The highest BCUT2D eigenvalue weighted by Gasteiger charge is 2.41. The van der Waals surface area contributed by atoms with Gasteiger partial charge in [-0.1, -0.05) is 24.3 Å². The van der Waals surface area contributed by atoms with Gasteiger partial charge in [-0.2, -0.15) is 5.10 Å². The van der Waals surface area contributed by atoms with Gasteiger partial charge in [-0.3, -0.25) is 4.79 Å². The summed E-state index contributed by atoms with van der Waals surface area (Å²) in [5.74, 6) is -0.971. The summed E-state index contributed by atoms with van der Waals surface area (Å²) in [5.41, 5.74) is 3.07. The maximum absolute atomic E-state index is 15.8. The minimum Gasteiger partial charge on any atom is -0.465 e. The average Bonchev–Trinajstić information content (AvgIpc) is 3.58. The number of rotatable bonds is 5. The van der Waals surface area contributed by atoms with Gasteiger partial charge >= 0.3 is 5.97 Å². The van der Waals surface area contributed by atoms with Crippen molar-refractivity contribution < 1.29 is 23.5 Å². The van der Waals surface area contributed by atoms with Gasteiger partial charge in [-0.15, -0.1) is 0 Å². The van der Waals surface area contributed by atoms with E-state index in [4.69, 9.17) is 9.47 Å². The van der Waals surface area contributed by atoms with Crippen molar-refractivity contribution in [2.75, 3.05) is 20.3 Å². The highest BCUT2D eigenvalue weighted by Crippen LogP contribution is 2.43. The third-order valence-electron chi connectivity index (χ3n) is 7.28. The molecule has 3 aromatic rings. The maximum Gasteiger partial charge on any atom is 0.341 e. The summed E-state index contributed by atoms with van der Waals surface area (Å²) in [6.07, 6.45) is 5.28. The van der Waals surface area contributed by atoms with Crippen LogP contribution in [0, 0.1) is 5.82 Å². The summed E-state index contributed by atoms with van der Waals surface area (Å²) in [6, 6.07) is 12.3. The minimum absolute atomic E-state index is 0.0114. The van der Waals surface area contributed by atoms with Crippen LogP contribution in [0.5, 0.6) is 0 Å². The standard InChI is InChI=1S/C27H26FN3O4/c1-34-27(33)23-13-29-31(25(23)16-8-9-16)18-5-2-4-17(12-18)21-6-3-7-22(24(21)28)26(32)30-19-10-11-20(30)15-35-14-19/h2-7,12-13,16,19-20H,8-11,14-15H2,1H3. The van der Waals surface area contributed by atoms with E-state index in [0.29, 0.717) is 29.9 Å². The Morgan fingerprint density at radius 2 is 1.77 bits per heavy atom. The van der Waals surface area contributed by atoms with Crippen molar-refractivity contribution in [1.29, 1.82) is 0 Å². The molecule has 1 amide bonds. The largest absolute Gasteiger partial charge is 0.465 e. The van der Waals surface area contributed by atoms with Crippen LogP contribution < -0.4 is 0 Å². The third kappa shape index (κ3) is 3.72. The van der Waals surface area contributed by atoms with E-state index in [9.17, 15) is 9.59 Å². The van der Waals surface area contributed by atoms with Crippen molar-refractivity contribution >= 4 is 11.9 Å². The summed E-state index contributed by atoms with van der Waals surface area (Å²) < 4.78 is 28.0. The Morgan fingerprint density at radius 3 is 2.49 bits per heavy atom. The van der Waals surface area contributed by atoms with E-state index in [-0.39, 0.29) is 29.5 Å². The maximum atomic E-state index is 15.8. The van der Waals surface area contributed by atoms with Crippen LogP contribution in [0.25, 0.3) is 16.8 Å². The first-order valence-corrected chi connectivity index (χ1v) is 12.0. The molecule has 3 fully saturated rings. The zero-order valence-electron chi connectivity index (χ0n) is 19.4. The number of ether oxygens (including phenoxy) is 2. The molecule has 1 aromatic heterocycles. The predicted octanol–water partition coefficient (Wildman–Crippen LogP) is 4.35. The zero-order chi connectivity index (χ0) is 24.1. The van der Waals surface area contributed by atoms with E-state index in [1.165, 1.54) is 13.3 Å². The molecule has 3 aliphatic rings. The highest BCUT2D eigenvalue weighted by atomic mass is 19.1. The van der Waals surface area contributed by atoms with E-state index >= 15 is 4.39 Å². The van der Waals surface area contributed by atoms with Crippen molar-refractivity contribution in [3.8, 4) is 16.8 Å². The van der Waals surface area contributed by atoms with Crippen molar-refractivity contribution in [2.24, 2.45) is 0 Å². The molecule has 0 N–H and O–H groups in total. The van der Waals surface area contributed by atoms with Crippen LogP contribution in [0.1, 0.15) is 58.0 Å². The first-order valence-electron chi connectivity index (χ1n) is 12.0. The molecule has 0 radical (unpaired) electrons. The Kier molecular flexibility index (Phi) is 5.40. The van der Waals surface area contributed by atoms with E-state index in [2.05, 4.69) is 5.10 Å². The lowest BCUT2D eigenvalue weighted by Gasteiger charge is -2.34. The molecule has 8 heteroatoms. The fourth-order valence-electron chi connectivity index (χ4n) is 5.40. The lowest BCUT2D eigenvalue weighted by molar-refractivity contribution is -0.00738. The van der Waals surface area contributed by atoms with Gasteiger partial charge in [0.15, 0.2) is 0 Å². The molecule has 180 valence electrons. The van der Waals surface area contributed by atoms with E-state index < -0.39 is 11.8 Å². The number of esters is 1.